The van der Waals surface area contributed by atoms with Crippen LogP contribution in [0.3, 0.4) is 0 Å². The average Bonchev–Trinajstić information content (AvgIpc) is 2.68. The molecular weight excluding hydrogens is 192 g/mol. The van der Waals surface area contributed by atoms with E-state index in [9.17, 15) is 4.79 Å². The van der Waals surface area contributed by atoms with Crippen LogP contribution in [-0.4, -0.2) is 13.1 Å². The summed E-state index contributed by atoms with van der Waals surface area (Å²) in [6.45, 7) is 0.968. The number of carbonyl (C=O) groups excluding carboxylic acids is 1. The summed E-state index contributed by atoms with van der Waals surface area (Å²) in [6, 6.07) is 6.08. The van der Waals surface area contributed by atoms with Crippen LogP contribution in [-0.2, 0) is 16.0 Å². The summed E-state index contributed by atoms with van der Waals surface area (Å²) in [4.78, 5) is 9.94. The molecule has 3 nitrogen and oxygen atoms in total. The Balaban J connectivity index is 2.00. The molecule has 2 rings (SSSR count). The van der Waals surface area contributed by atoms with Gasteiger partial charge in [-0.25, -0.2) is 0 Å². The molecule has 0 unspecified atom stereocenters. The van der Waals surface area contributed by atoms with Gasteiger partial charge in [0.25, 0.3) is 6.47 Å². The fourth-order valence-corrected chi connectivity index (χ4v) is 1.69. The van der Waals surface area contributed by atoms with Gasteiger partial charge in [-0.2, -0.15) is 0 Å². The molecule has 0 aromatic rings. The zero-order valence-corrected chi connectivity index (χ0v) is 8.31. The normalized spacial score (nSPS) is 10.4. The Labute approximate surface area is 88.0 Å². The maximum atomic E-state index is 9.94. The molecule has 1 aliphatic carbocycles. The van der Waals surface area contributed by atoms with E-state index in [0.29, 0.717) is 13.1 Å². The first kappa shape index (κ1) is 9.77. The first-order valence-corrected chi connectivity index (χ1v) is 4.91. The standard InChI is InChI=1S/C12H12O3/c13-9-15-6-1-2-10-3-4-11-8-14-7-5-12(10)11/h3-5,7-9H,1-2,6H2. The number of rotatable bonds is 5. The number of fused-ring (bicyclic) bond motifs is 1. The Morgan fingerprint density at radius 3 is 3.13 bits per heavy atom. The molecule has 0 aromatic heterocycles. The van der Waals surface area contributed by atoms with Crippen LogP contribution in [0.1, 0.15) is 12.0 Å². The summed E-state index contributed by atoms with van der Waals surface area (Å²) in [5.74, 6) is 0. The van der Waals surface area contributed by atoms with Crippen LogP contribution in [0.2, 0.25) is 0 Å². The molecule has 15 heavy (non-hydrogen) atoms. The van der Waals surface area contributed by atoms with Crippen molar-refractivity contribution in [1.29, 1.82) is 0 Å². The highest BCUT2D eigenvalue weighted by Gasteiger charge is 2.08. The molecule has 78 valence electrons. The van der Waals surface area contributed by atoms with Crippen molar-refractivity contribution >= 4 is 6.47 Å². The fourth-order valence-electron chi connectivity index (χ4n) is 1.69. The third-order valence-corrected chi connectivity index (χ3v) is 2.41. The van der Waals surface area contributed by atoms with E-state index in [2.05, 4.69) is 10.8 Å². The predicted molar refractivity (Wildman–Crippen MR) is 55.7 cm³/mol. The third kappa shape index (κ3) is 2.18. The number of hydrogen-bond acceptors (Lipinski definition) is 3. The summed E-state index contributed by atoms with van der Waals surface area (Å²) in [5, 5.41) is 0. The van der Waals surface area contributed by atoms with Crippen molar-refractivity contribution in [3.8, 4) is 11.1 Å². The first-order chi connectivity index (χ1) is 7.42. The van der Waals surface area contributed by atoms with Gasteiger partial charge in [-0.05, 0) is 30.0 Å². The van der Waals surface area contributed by atoms with E-state index < -0.39 is 0 Å². The molecule has 0 aromatic carbocycles. The van der Waals surface area contributed by atoms with E-state index in [1.165, 1.54) is 11.1 Å². The zero-order chi connectivity index (χ0) is 10.5. The van der Waals surface area contributed by atoms with Crippen molar-refractivity contribution in [2.75, 3.05) is 6.61 Å². The van der Waals surface area contributed by atoms with Gasteiger partial charge in [0.05, 0.1) is 19.1 Å². The van der Waals surface area contributed by atoms with E-state index in [4.69, 9.17) is 4.42 Å². The lowest BCUT2D eigenvalue weighted by Gasteiger charge is -2.02. The molecule has 0 saturated heterocycles. The van der Waals surface area contributed by atoms with E-state index in [1.807, 2.05) is 12.1 Å². The molecule has 0 saturated carbocycles. The van der Waals surface area contributed by atoms with Gasteiger partial charge in [0.15, 0.2) is 0 Å². The fraction of sp³-hybridized carbons (Fsp3) is 0.250. The SMILES string of the molecule is O=COCCCc1ccc2coccc1-2. The summed E-state index contributed by atoms with van der Waals surface area (Å²) in [7, 11) is 0. The van der Waals surface area contributed by atoms with Gasteiger partial charge in [0.1, 0.15) is 0 Å². The predicted octanol–water partition coefficient (Wildman–Crippen LogP) is 2.49. The Bertz CT molecular complexity index is 405. The van der Waals surface area contributed by atoms with Crippen LogP contribution in [0, 0.1) is 0 Å². The van der Waals surface area contributed by atoms with Crippen LogP contribution in [0.4, 0.5) is 0 Å². The molecule has 1 heterocycles. The Hall–Kier alpha value is -1.77. The second-order valence-electron chi connectivity index (χ2n) is 3.35. The summed E-state index contributed by atoms with van der Waals surface area (Å²) in [5.41, 5.74) is 3.60. The maximum absolute atomic E-state index is 9.94. The van der Waals surface area contributed by atoms with Gasteiger partial charge in [-0.3, -0.25) is 4.79 Å². The average molecular weight is 204 g/mol. The van der Waals surface area contributed by atoms with Crippen molar-refractivity contribution < 1.29 is 13.9 Å². The van der Waals surface area contributed by atoms with Crippen molar-refractivity contribution in [2.45, 2.75) is 12.8 Å². The molecule has 0 radical (unpaired) electrons. The number of hydrogen-bond donors (Lipinski definition) is 0. The van der Waals surface area contributed by atoms with Gasteiger partial charge < -0.3 is 9.15 Å². The summed E-state index contributed by atoms with van der Waals surface area (Å²) in [6.07, 6.45) is 5.18. The molecule has 2 aliphatic rings. The van der Waals surface area contributed by atoms with E-state index in [0.717, 1.165) is 18.4 Å². The molecule has 1 aliphatic heterocycles. The monoisotopic (exact) mass is 204 g/mol. The molecule has 3 heteroatoms. The lowest BCUT2D eigenvalue weighted by atomic mass is 10.1. The molecule has 0 amide bonds. The Morgan fingerprint density at radius 1 is 1.33 bits per heavy atom. The topological polar surface area (TPSA) is 39.4 Å². The zero-order valence-electron chi connectivity index (χ0n) is 8.31. The van der Waals surface area contributed by atoms with Gasteiger partial charge in [-0.1, -0.05) is 12.1 Å². The van der Waals surface area contributed by atoms with Crippen molar-refractivity contribution in [3.05, 3.63) is 36.3 Å². The van der Waals surface area contributed by atoms with E-state index in [1.54, 1.807) is 12.5 Å². The van der Waals surface area contributed by atoms with Gasteiger partial charge in [-0.15, -0.1) is 0 Å². The van der Waals surface area contributed by atoms with Crippen molar-refractivity contribution in [3.63, 3.8) is 0 Å². The van der Waals surface area contributed by atoms with Crippen molar-refractivity contribution in [2.24, 2.45) is 0 Å². The molecule has 0 bridgehead atoms. The smallest absolute Gasteiger partial charge is 0.293 e. The minimum atomic E-state index is 0.480. The minimum absolute atomic E-state index is 0.480. The lowest BCUT2D eigenvalue weighted by Crippen LogP contribution is -1.94. The highest BCUT2D eigenvalue weighted by Crippen LogP contribution is 2.28. The quantitative estimate of drug-likeness (QED) is 0.555. The lowest BCUT2D eigenvalue weighted by molar-refractivity contribution is -0.128. The molecule has 0 fully saturated rings. The second-order valence-corrected chi connectivity index (χ2v) is 3.35. The molecular formula is C12H12O3. The van der Waals surface area contributed by atoms with Gasteiger partial charge >= 0.3 is 0 Å². The number of carbonyl (C=O) groups is 1. The van der Waals surface area contributed by atoms with Crippen LogP contribution in [0.15, 0.2) is 35.1 Å². The summed E-state index contributed by atoms with van der Waals surface area (Å²) < 4.78 is 9.72. The Morgan fingerprint density at radius 2 is 2.27 bits per heavy atom. The van der Waals surface area contributed by atoms with E-state index >= 15 is 0 Å². The highest BCUT2D eigenvalue weighted by molar-refractivity contribution is 5.69. The number of ether oxygens (including phenoxy) is 1. The summed E-state index contributed by atoms with van der Waals surface area (Å²) >= 11 is 0. The van der Waals surface area contributed by atoms with Crippen LogP contribution in [0.25, 0.3) is 11.1 Å². The maximum Gasteiger partial charge on any atom is 0.293 e. The molecule has 0 atom stereocenters. The van der Waals surface area contributed by atoms with Gasteiger partial charge in [0.2, 0.25) is 0 Å². The molecule has 0 spiro atoms. The second kappa shape index (κ2) is 4.64. The largest absolute Gasteiger partial charge is 0.472 e. The van der Waals surface area contributed by atoms with Gasteiger partial charge in [0, 0.05) is 5.56 Å². The van der Waals surface area contributed by atoms with Crippen LogP contribution < -0.4 is 0 Å². The minimum Gasteiger partial charge on any atom is -0.472 e. The van der Waals surface area contributed by atoms with E-state index in [-0.39, 0.29) is 0 Å². The Kier molecular flexibility index (Phi) is 3.02. The van der Waals surface area contributed by atoms with Crippen molar-refractivity contribution in [1.82, 2.24) is 0 Å². The first-order valence-electron chi connectivity index (χ1n) is 4.91. The van der Waals surface area contributed by atoms with Crippen LogP contribution in [0.5, 0.6) is 0 Å². The van der Waals surface area contributed by atoms with Crippen LogP contribution >= 0.6 is 0 Å². The third-order valence-electron chi connectivity index (χ3n) is 2.41. The highest BCUT2D eigenvalue weighted by atomic mass is 16.5. The number of aryl methyl sites for hydroxylation is 1. The molecule has 0 N–H and O–H groups in total.